The van der Waals surface area contributed by atoms with Crippen LogP contribution in [-0.2, 0) is 6.42 Å². The second-order valence-corrected chi connectivity index (χ2v) is 7.10. The number of carbonyl (C=O) groups is 3. The molecule has 172 valence electrons. The zero-order valence-electron chi connectivity index (χ0n) is 17.6. The van der Waals surface area contributed by atoms with E-state index in [4.69, 9.17) is 14.3 Å². The third-order valence-electron chi connectivity index (χ3n) is 4.73. The van der Waals surface area contributed by atoms with Gasteiger partial charge < -0.3 is 19.7 Å². The lowest BCUT2D eigenvalue weighted by Gasteiger charge is -2.06. The van der Waals surface area contributed by atoms with Crippen LogP contribution in [0.1, 0.15) is 37.1 Å². The van der Waals surface area contributed by atoms with E-state index in [1.54, 1.807) is 48.5 Å². The molecule has 0 saturated carbocycles. The van der Waals surface area contributed by atoms with Crippen LogP contribution in [0, 0.1) is 0 Å². The number of hydrogen-bond acceptors (Lipinski definition) is 8. The fraction of sp³-hybridized carbons (Fsp3) is 0.0870. The van der Waals surface area contributed by atoms with E-state index in [-0.39, 0.29) is 30.3 Å². The Kier molecular flexibility index (Phi) is 6.75. The Morgan fingerprint density at radius 1 is 0.824 bits per heavy atom. The summed E-state index contributed by atoms with van der Waals surface area (Å²) in [5.74, 6) is -0.787. The maximum Gasteiger partial charge on any atom is 0.296 e. The molecule has 0 aliphatic rings. The lowest BCUT2D eigenvalue weighted by molar-refractivity contribution is 0.0696. The number of nitrogens with one attached hydrogen (secondary N) is 3. The van der Waals surface area contributed by atoms with Gasteiger partial charge >= 0.3 is 0 Å². The molecule has 0 spiro atoms. The molecule has 4 N–H and O–H groups in total. The number of anilines is 1. The fourth-order valence-electron chi connectivity index (χ4n) is 3.05. The molecular weight excluding hydrogens is 442 g/mol. The highest BCUT2D eigenvalue weighted by atomic mass is 16.5. The van der Waals surface area contributed by atoms with Crippen LogP contribution in [0.3, 0.4) is 0 Å². The first kappa shape index (κ1) is 22.4. The Bertz CT molecular complexity index is 1310. The Balaban J connectivity index is 1.35. The van der Waals surface area contributed by atoms with Crippen molar-refractivity contribution in [1.82, 2.24) is 21.1 Å². The molecule has 2 aromatic heterocycles. The van der Waals surface area contributed by atoms with Crippen LogP contribution in [-0.4, -0.2) is 39.8 Å². The van der Waals surface area contributed by atoms with Gasteiger partial charge in [0.15, 0.2) is 17.1 Å². The number of rotatable bonds is 8. The minimum Gasteiger partial charge on any atom is -0.361 e. The number of aromatic nitrogens is 2. The third-order valence-corrected chi connectivity index (χ3v) is 4.73. The van der Waals surface area contributed by atoms with Crippen molar-refractivity contribution in [1.29, 1.82) is 0 Å². The van der Waals surface area contributed by atoms with Crippen molar-refractivity contribution in [2.24, 2.45) is 0 Å². The summed E-state index contributed by atoms with van der Waals surface area (Å²) in [5.41, 5.74) is 3.18. The number of hydrogen-bond donors (Lipinski definition) is 4. The quantitative estimate of drug-likeness (QED) is 0.230. The maximum atomic E-state index is 12.4. The molecule has 0 aliphatic heterocycles. The molecule has 0 fully saturated rings. The molecule has 0 unspecified atom stereocenters. The summed E-state index contributed by atoms with van der Waals surface area (Å²) in [6.07, 6.45) is 0.269. The highest BCUT2D eigenvalue weighted by molar-refractivity contribution is 6.04. The largest absolute Gasteiger partial charge is 0.361 e. The molecule has 4 rings (SSSR count). The van der Waals surface area contributed by atoms with Gasteiger partial charge in [-0.15, -0.1) is 0 Å². The van der Waals surface area contributed by atoms with Crippen LogP contribution in [0.4, 0.5) is 5.69 Å². The lowest BCUT2D eigenvalue weighted by Crippen LogP contribution is -2.25. The minimum absolute atomic E-state index is 0.0756. The van der Waals surface area contributed by atoms with Crippen LogP contribution in [0.15, 0.2) is 75.8 Å². The summed E-state index contributed by atoms with van der Waals surface area (Å²) in [7, 11) is 0. The van der Waals surface area contributed by atoms with E-state index in [0.717, 1.165) is 0 Å². The molecular formula is C23H19N5O6. The molecule has 2 heterocycles. The molecule has 11 nitrogen and oxygen atoms in total. The Labute approximate surface area is 192 Å². The van der Waals surface area contributed by atoms with Gasteiger partial charge in [-0.25, -0.2) is 5.48 Å². The van der Waals surface area contributed by atoms with E-state index < -0.39 is 11.8 Å². The number of benzene rings is 2. The van der Waals surface area contributed by atoms with Crippen LogP contribution in [0.5, 0.6) is 0 Å². The van der Waals surface area contributed by atoms with Crippen molar-refractivity contribution in [3.05, 3.63) is 89.4 Å². The SMILES string of the molecule is O=C(Nc1cccc(-c2cc(C(=O)NCCc3cc(C(=O)NO)no3)no2)c1)c1ccccc1. The van der Waals surface area contributed by atoms with Gasteiger partial charge in [-0.3, -0.25) is 19.6 Å². The molecule has 3 amide bonds. The first-order valence-corrected chi connectivity index (χ1v) is 10.2. The number of nitrogens with zero attached hydrogens (tertiary/aromatic N) is 2. The van der Waals surface area contributed by atoms with Gasteiger partial charge in [0.05, 0.1) is 0 Å². The predicted octanol–water partition coefficient (Wildman–Crippen LogP) is 2.67. The monoisotopic (exact) mass is 461 g/mol. The molecule has 2 aromatic carbocycles. The summed E-state index contributed by atoms with van der Waals surface area (Å²) in [6, 6.07) is 18.7. The number of carbonyl (C=O) groups excluding carboxylic acids is 3. The summed E-state index contributed by atoms with van der Waals surface area (Å²) >= 11 is 0. The molecule has 11 heteroatoms. The second-order valence-electron chi connectivity index (χ2n) is 7.10. The normalized spacial score (nSPS) is 10.5. The van der Waals surface area contributed by atoms with Crippen LogP contribution >= 0.6 is 0 Å². The summed E-state index contributed by atoms with van der Waals surface area (Å²) < 4.78 is 10.3. The average Bonchev–Trinajstić information content (AvgIpc) is 3.55. The predicted molar refractivity (Wildman–Crippen MR) is 118 cm³/mol. The Hall–Kier alpha value is -4.77. The van der Waals surface area contributed by atoms with Crippen molar-refractivity contribution in [3.63, 3.8) is 0 Å². The smallest absolute Gasteiger partial charge is 0.296 e. The fourth-order valence-corrected chi connectivity index (χ4v) is 3.05. The van der Waals surface area contributed by atoms with Crippen molar-refractivity contribution >= 4 is 23.4 Å². The number of hydroxylamine groups is 1. The third kappa shape index (κ3) is 5.34. The van der Waals surface area contributed by atoms with E-state index >= 15 is 0 Å². The van der Waals surface area contributed by atoms with Crippen molar-refractivity contribution in [2.45, 2.75) is 6.42 Å². The molecule has 0 bridgehead atoms. The summed E-state index contributed by atoms with van der Waals surface area (Å²) in [5, 5.41) is 21.4. The van der Waals surface area contributed by atoms with Gasteiger partial charge in [0, 0.05) is 41.9 Å². The second kappa shape index (κ2) is 10.2. The average molecular weight is 461 g/mol. The van der Waals surface area contributed by atoms with Gasteiger partial charge in [-0.05, 0) is 24.3 Å². The molecule has 4 aromatic rings. The standard InChI is InChI=1S/C23H19N5O6/c29-21(14-5-2-1-3-6-14)25-16-8-4-7-15(11-16)20-13-19(28-34-20)22(30)24-10-9-17-12-18(27-33-17)23(31)26-32/h1-8,11-13,32H,9-10H2,(H,24,30)(H,25,29)(H,26,31). The first-order valence-electron chi connectivity index (χ1n) is 10.2. The molecule has 34 heavy (non-hydrogen) atoms. The Morgan fingerprint density at radius 2 is 1.59 bits per heavy atom. The Morgan fingerprint density at radius 3 is 2.38 bits per heavy atom. The minimum atomic E-state index is -0.794. The van der Waals surface area contributed by atoms with Crippen LogP contribution in [0.2, 0.25) is 0 Å². The van der Waals surface area contributed by atoms with E-state index in [9.17, 15) is 14.4 Å². The van der Waals surface area contributed by atoms with E-state index in [0.29, 0.717) is 28.3 Å². The maximum absolute atomic E-state index is 12.4. The van der Waals surface area contributed by atoms with E-state index in [2.05, 4.69) is 20.9 Å². The van der Waals surface area contributed by atoms with Crippen molar-refractivity contribution in [3.8, 4) is 11.3 Å². The molecule has 0 aliphatic carbocycles. The zero-order valence-corrected chi connectivity index (χ0v) is 17.6. The highest BCUT2D eigenvalue weighted by Crippen LogP contribution is 2.24. The highest BCUT2D eigenvalue weighted by Gasteiger charge is 2.16. The lowest BCUT2D eigenvalue weighted by atomic mass is 10.1. The summed E-state index contributed by atoms with van der Waals surface area (Å²) in [4.78, 5) is 36.0. The van der Waals surface area contributed by atoms with Gasteiger partial charge in [0.2, 0.25) is 0 Å². The zero-order chi connectivity index (χ0) is 23.9. The summed E-state index contributed by atoms with van der Waals surface area (Å²) in [6.45, 7) is 0.192. The van der Waals surface area contributed by atoms with E-state index in [1.807, 2.05) is 6.07 Å². The van der Waals surface area contributed by atoms with Crippen LogP contribution in [0.25, 0.3) is 11.3 Å². The first-order chi connectivity index (χ1) is 16.5. The topological polar surface area (TPSA) is 160 Å². The van der Waals surface area contributed by atoms with E-state index in [1.165, 1.54) is 17.6 Å². The molecule has 0 saturated heterocycles. The van der Waals surface area contributed by atoms with Gasteiger partial charge in [0.25, 0.3) is 17.7 Å². The molecule has 0 radical (unpaired) electrons. The van der Waals surface area contributed by atoms with Gasteiger partial charge in [-0.1, -0.05) is 40.6 Å². The van der Waals surface area contributed by atoms with Crippen LogP contribution < -0.4 is 16.1 Å². The van der Waals surface area contributed by atoms with Crippen molar-refractivity contribution < 1.29 is 28.6 Å². The number of amides is 3. The van der Waals surface area contributed by atoms with Gasteiger partial charge in [0.1, 0.15) is 5.76 Å². The van der Waals surface area contributed by atoms with Gasteiger partial charge in [-0.2, -0.15) is 0 Å². The van der Waals surface area contributed by atoms with Crippen molar-refractivity contribution in [2.75, 3.05) is 11.9 Å². The molecule has 0 atom stereocenters.